The molecule has 2 N–H and O–H groups in total. The third-order valence-corrected chi connectivity index (χ3v) is 5.62. The van der Waals surface area contributed by atoms with Crippen molar-refractivity contribution < 1.29 is 14.4 Å². The van der Waals surface area contributed by atoms with E-state index in [0.717, 1.165) is 40.0 Å². The first kappa shape index (κ1) is 18.2. The van der Waals surface area contributed by atoms with Gasteiger partial charge in [0.15, 0.2) is 0 Å². The molecule has 1 spiro atoms. The molecule has 4 rings (SSSR count). The van der Waals surface area contributed by atoms with Crippen LogP contribution in [0.2, 0.25) is 0 Å². The highest BCUT2D eigenvalue weighted by Crippen LogP contribution is 2.39. The van der Waals surface area contributed by atoms with Gasteiger partial charge in [0.2, 0.25) is 5.91 Å². The Morgan fingerprint density at radius 3 is 2.79 bits per heavy atom. The van der Waals surface area contributed by atoms with E-state index >= 15 is 0 Å². The molecule has 6 heteroatoms. The molecule has 0 radical (unpaired) electrons. The molecule has 28 heavy (non-hydrogen) atoms. The molecule has 4 amide bonds. The van der Waals surface area contributed by atoms with Crippen molar-refractivity contribution in [1.29, 1.82) is 0 Å². The van der Waals surface area contributed by atoms with Gasteiger partial charge in [-0.05, 0) is 61.4 Å². The number of nitrogens with one attached hydrogen (secondary N) is 2. The van der Waals surface area contributed by atoms with Crippen molar-refractivity contribution >= 4 is 23.5 Å². The van der Waals surface area contributed by atoms with E-state index in [-0.39, 0.29) is 12.5 Å². The van der Waals surface area contributed by atoms with Crippen molar-refractivity contribution in [3.8, 4) is 0 Å². The smallest absolute Gasteiger partial charge is 0.324 e. The van der Waals surface area contributed by atoms with Crippen LogP contribution in [0, 0.1) is 13.8 Å². The minimum Gasteiger partial charge on any atom is -0.324 e. The molecule has 1 unspecified atom stereocenters. The summed E-state index contributed by atoms with van der Waals surface area (Å²) in [6, 6.07) is 12.9. The SMILES string of the molecule is Cc1ccc(C)c(NC(=O)CN2C(=O)NC3(CCCc4ccccc43)C2=O)c1. The van der Waals surface area contributed by atoms with Gasteiger partial charge in [-0.3, -0.25) is 14.5 Å². The summed E-state index contributed by atoms with van der Waals surface area (Å²) in [6.07, 6.45) is 2.24. The lowest BCUT2D eigenvalue weighted by atomic mass is 9.76. The minimum absolute atomic E-state index is 0.304. The van der Waals surface area contributed by atoms with Gasteiger partial charge in [0, 0.05) is 5.69 Å². The quantitative estimate of drug-likeness (QED) is 0.807. The van der Waals surface area contributed by atoms with Gasteiger partial charge in [-0.25, -0.2) is 4.79 Å². The van der Waals surface area contributed by atoms with E-state index in [0.29, 0.717) is 12.1 Å². The fourth-order valence-electron chi connectivity index (χ4n) is 4.16. The molecular formula is C22H23N3O3. The van der Waals surface area contributed by atoms with E-state index in [4.69, 9.17) is 0 Å². The predicted molar refractivity (Wildman–Crippen MR) is 106 cm³/mol. The maximum absolute atomic E-state index is 13.2. The Kier molecular flexibility index (Phi) is 4.41. The van der Waals surface area contributed by atoms with Crippen LogP contribution < -0.4 is 10.6 Å². The molecule has 6 nitrogen and oxygen atoms in total. The van der Waals surface area contributed by atoms with Gasteiger partial charge < -0.3 is 10.6 Å². The largest absolute Gasteiger partial charge is 0.325 e. The molecular weight excluding hydrogens is 354 g/mol. The highest BCUT2D eigenvalue weighted by Gasteiger charge is 2.54. The number of carbonyl (C=O) groups is 3. The van der Waals surface area contributed by atoms with Crippen LogP contribution in [0.25, 0.3) is 0 Å². The van der Waals surface area contributed by atoms with Crippen molar-refractivity contribution in [2.24, 2.45) is 0 Å². The van der Waals surface area contributed by atoms with E-state index in [1.165, 1.54) is 0 Å². The molecule has 1 saturated heterocycles. The monoisotopic (exact) mass is 377 g/mol. The second-order valence-corrected chi connectivity index (χ2v) is 7.60. The zero-order valence-electron chi connectivity index (χ0n) is 16.0. The zero-order chi connectivity index (χ0) is 19.9. The van der Waals surface area contributed by atoms with Crippen LogP contribution in [0.4, 0.5) is 10.5 Å². The van der Waals surface area contributed by atoms with E-state index in [1.807, 2.05) is 56.3 Å². The summed E-state index contributed by atoms with van der Waals surface area (Å²) in [5.41, 5.74) is 3.50. The molecule has 1 fully saturated rings. The summed E-state index contributed by atoms with van der Waals surface area (Å²) in [7, 11) is 0. The number of benzene rings is 2. The number of aryl methyl sites for hydroxylation is 3. The molecule has 2 aromatic rings. The first-order valence-corrected chi connectivity index (χ1v) is 9.50. The van der Waals surface area contributed by atoms with Crippen molar-refractivity contribution in [1.82, 2.24) is 10.2 Å². The number of carbonyl (C=O) groups excluding carboxylic acids is 3. The summed E-state index contributed by atoms with van der Waals surface area (Å²) >= 11 is 0. The lowest BCUT2D eigenvalue weighted by Crippen LogP contribution is -2.47. The fraction of sp³-hybridized carbons (Fsp3) is 0.318. The number of rotatable bonds is 3. The average Bonchev–Trinajstić information content (AvgIpc) is 2.90. The number of urea groups is 1. The number of hydrogen-bond acceptors (Lipinski definition) is 3. The van der Waals surface area contributed by atoms with E-state index < -0.39 is 17.5 Å². The number of imide groups is 1. The highest BCUT2D eigenvalue weighted by molar-refractivity contribution is 6.10. The molecule has 2 aromatic carbocycles. The second-order valence-electron chi connectivity index (χ2n) is 7.60. The predicted octanol–water partition coefficient (Wildman–Crippen LogP) is 3.03. The normalized spacial score (nSPS) is 20.9. The van der Waals surface area contributed by atoms with E-state index in [1.54, 1.807) is 0 Å². The summed E-state index contributed by atoms with van der Waals surface area (Å²) < 4.78 is 0. The molecule has 0 bridgehead atoms. The zero-order valence-corrected chi connectivity index (χ0v) is 16.0. The summed E-state index contributed by atoms with van der Waals surface area (Å²) in [6.45, 7) is 3.54. The van der Waals surface area contributed by atoms with Gasteiger partial charge in [-0.15, -0.1) is 0 Å². The minimum atomic E-state index is -1.05. The number of nitrogens with zero attached hydrogens (tertiary/aromatic N) is 1. The van der Waals surface area contributed by atoms with Crippen molar-refractivity contribution in [3.63, 3.8) is 0 Å². The van der Waals surface area contributed by atoms with Gasteiger partial charge in [-0.1, -0.05) is 36.4 Å². The highest BCUT2D eigenvalue weighted by atomic mass is 16.2. The fourth-order valence-corrected chi connectivity index (χ4v) is 4.16. The Bertz CT molecular complexity index is 985. The third-order valence-electron chi connectivity index (χ3n) is 5.62. The van der Waals surface area contributed by atoms with Crippen LogP contribution in [0.3, 0.4) is 0 Å². The summed E-state index contributed by atoms with van der Waals surface area (Å²) in [4.78, 5) is 39.4. The van der Waals surface area contributed by atoms with Gasteiger partial charge in [0.25, 0.3) is 5.91 Å². The number of fused-ring (bicyclic) bond motifs is 2. The first-order chi connectivity index (χ1) is 13.4. The molecule has 1 heterocycles. The Morgan fingerprint density at radius 2 is 1.96 bits per heavy atom. The van der Waals surface area contributed by atoms with Gasteiger partial charge >= 0.3 is 6.03 Å². The molecule has 2 aliphatic rings. The first-order valence-electron chi connectivity index (χ1n) is 9.50. The topological polar surface area (TPSA) is 78.5 Å². The Balaban J connectivity index is 1.56. The van der Waals surface area contributed by atoms with Crippen LogP contribution >= 0.6 is 0 Å². The summed E-state index contributed by atoms with van der Waals surface area (Å²) in [5, 5.41) is 5.69. The van der Waals surface area contributed by atoms with Crippen LogP contribution in [0.5, 0.6) is 0 Å². The third kappa shape index (κ3) is 2.95. The van der Waals surface area contributed by atoms with Gasteiger partial charge in [0.05, 0.1) is 0 Å². The molecule has 144 valence electrons. The van der Waals surface area contributed by atoms with Gasteiger partial charge in [-0.2, -0.15) is 0 Å². The van der Waals surface area contributed by atoms with Crippen molar-refractivity contribution in [3.05, 3.63) is 64.7 Å². The average molecular weight is 377 g/mol. The Labute approximate surface area is 163 Å². The number of hydrogen-bond donors (Lipinski definition) is 2. The molecule has 0 saturated carbocycles. The van der Waals surface area contributed by atoms with E-state index in [2.05, 4.69) is 10.6 Å². The van der Waals surface area contributed by atoms with Gasteiger partial charge in [0.1, 0.15) is 12.1 Å². The van der Waals surface area contributed by atoms with E-state index in [9.17, 15) is 14.4 Å². The number of amides is 4. The van der Waals surface area contributed by atoms with Crippen molar-refractivity contribution in [2.45, 2.75) is 38.6 Å². The lowest BCUT2D eigenvalue weighted by molar-refractivity contribution is -0.134. The number of anilines is 1. The summed E-state index contributed by atoms with van der Waals surface area (Å²) in [5.74, 6) is -0.737. The van der Waals surface area contributed by atoms with Crippen LogP contribution in [0.1, 0.15) is 35.1 Å². The maximum Gasteiger partial charge on any atom is 0.325 e. The van der Waals surface area contributed by atoms with Crippen LogP contribution in [-0.2, 0) is 21.5 Å². The molecule has 1 atom stereocenters. The Morgan fingerprint density at radius 1 is 1.18 bits per heavy atom. The van der Waals surface area contributed by atoms with Crippen LogP contribution in [0.15, 0.2) is 42.5 Å². The standard InChI is InChI=1S/C22H23N3O3/c1-14-9-10-15(2)18(12-14)23-19(26)13-25-20(27)22(24-21(25)28)11-5-7-16-6-3-4-8-17(16)22/h3-4,6,8-10,12H,5,7,11,13H2,1-2H3,(H,23,26)(H,24,28). The molecule has 0 aromatic heterocycles. The maximum atomic E-state index is 13.2. The lowest BCUT2D eigenvalue weighted by Gasteiger charge is -2.33. The Hall–Kier alpha value is -3.15. The molecule has 1 aliphatic carbocycles. The van der Waals surface area contributed by atoms with Crippen LogP contribution in [-0.4, -0.2) is 29.3 Å². The van der Waals surface area contributed by atoms with Crippen molar-refractivity contribution in [2.75, 3.05) is 11.9 Å². The molecule has 1 aliphatic heterocycles. The second kappa shape index (κ2) is 6.78.